The summed E-state index contributed by atoms with van der Waals surface area (Å²) in [5.74, 6) is 0.0957. The van der Waals surface area contributed by atoms with E-state index in [0.717, 1.165) is 5.56 Å². The average Bonchev–Trinajstić information content (AvgIpc) is 3.18. The summed E-state index contributed by atoms with van der Waals surface area (Å²) in [5, 5.41) is 8.50. The summed E-state index contributed by atoms with van der Waals surface area (Å²) in [7, 11) is 1.70. The smallest absolute Gasteiger partial charge is 0.242 e. The van der Waals surface area contributed by atoms with Gasteiger partial charge in [0.05, 0.1) is 12.7 Å². The molecule has 0 bridgehead atoms. The van der Waals surface area contributed by atoms with Gasteiger partial charge in [0.25, 0.3) is 0 Å². The summed E-state index contributed by atoms with van der Waals surface area (Å²) in [4.78, 5) is 27.7. The molecule has 29 heavy (non-hydrogen) atoms. The van der Waals surface area contributed by atoms with E-state index in [1.165, 1.54) is 0 Å². The molecule has 5 rings (SSSR count). The summed E-state index contributed by atoms with van der Waals surface area (Å²) in [5.41, 5.74) is 1.85. The molecule has 8 heteroatoms. The number of aromatic nitrogens is 2. The first-order valence-corrected chi connectivity index (χ1v) is 9.85. The largest absolute Gasteiger partial charge is 0.314 e. The van der Waals surface area contributed by atoms with E-state index in [1.807, 2.05) is 18.2 Å². The predicted molar refractivity (Wildman–Crippen MR) is 112 cm³/mol. The van der Waals surface area contributed by atoms with Gasteiger partial charge in [-0.2, -0.15) is 5.10 Å². The molecule has 2 aromatic carbocycles. The molecule has 0 fully saturated rings. The van der Waals surface area contributed by atoms with Crippen LogP contribution in [0.5, 0.6) is 0 Å². The van der Waals surface area contributed by atoms with E-state index < -0.39 is 5.41 Å². The lowest BCUT2D eigenvalue weighted by Crippen LogP contribution is -2.45. The quantitative estimate of drug-likeness (QED) is 0.676. The first-order valence-electron chi connectivity index (χ1n) is 9.09. The van der Waals surface area contributed by atoms with Gasteiger partial charge in [-0.3, -0.25) is 9.59 Å². The molecular formula is C21H16Cl2N4O2. The Bertz CT molecular complexity index is 1170. The maximum atomic E-state index is 13.4. The fourth-order valence-electron chi connectivity index (χ4n) is 4.36. The Morgan fingerprint density at radius 1 is 1.14 bits per heavy atom. The van der Waals surface area contributed by atoms with Crippen molar-refractivity contribution in [2.24, 2.45) is 0 Å². The van der Waals surface area contributed by atoms with Gasteiger partial charge in [-0.15, -0.1) is 0 Å². The Morgan fingerprint density at radius 3 is 2.66 bits per heavy atom. The van der Waals surface area contributed by atoms with E-state index >= 15 is 0 Å². The lowest BCUT2D eigenvalue weighted by molar-refractivity contribution is -0.126. The van der Waals surface area contributed by atoms with Crippen molar-refractivity contribution < 1.29 is 9.59 Å². The third kappa shape index (κ3) is 2.52. The second kappa shape index (κ2) is 6.34. The summed E-state index contributed by atoms with van der Waals surface area (Å²) in [6.07, 6.45) is 1.65. The third-order valence-electron chi connectivity index (χ3n) is 5.68. The van der Waals surface area contributed by atoms with Crippen LogP contribution in [-0.2, 0) is 21.5 Å². The molecule has 2 aliphatic rings. The van der Waals surface area contributed by atoms with E-state index in [2.05, 4.69) is 10.4 Å². The number of hydrogen-bond acceptors (Lipinski definition) is 3. The van der Waals surface area contributed by atoms with Crippen molar-refractivity contribution in [3.8, 4) is 0 Å². The highest BCUT2D eigenvalue weighted by Crippen LogP contribution is 2.54. The number of nitrogens with zero attached hydrogens (tertiary/aromatic N) is 3. The summed E-state index contributed by atoms with van der Waals surface area (Å²) < 4.78 is 1.69. The van der Waals surface area contributed by atoms with Crippen LogP contribution in [-0.4, -0.2) is 28.6 Å². The van der Waals surface area contributed by atoms with Crippen molar-refractivity contribution in [1.82, 2.24) is 9.78 Å². The molecule has 3 heterocycles. The molecule has 0 saturated heterocycles. The monoisotopic (exact) mass is 426 g/mol. The Labute approximate surface area is 177 Å². The van der Waals surface area contributed by atoms with Crippen LogP contribution in [0.15, 0.2) is 48.7 Å². The van der Waals surface area contributed by atoms with Crippen LogP contribution in [0.4, 0.5) is 11.5 Å². The maximum absolute atomic E-state index is 13.4. The van der Waals surface area contributed by atoms with Gasteiger partial charge in [-0.1, -0.05) is 41.4 Å². The molecule has 0 saturated carbocycles. The Kier molecular flexibility index (Phi) is 3.98. The number of likely N-dealkylation sites (N-methyl/N-ethyl adjacent to an activating group) is 1. The highest BCUT2D eigenvalue weighted by Gasteiger charge is 2.57. The summed E-state index contributed by atoms with van der Waals surface area (Å²) >= 11 is 12.5. The molecule has 1 spiro atoms. The van der Waals surface area contributed by atoms with E-state index in [0.29, 0.717) is 39.2 Å². The second-order valence-corrected chi connectivity index (χ2v) is 8.16. The van der Waals surface area contributed by atoms with Gasteiger partial charge in [0.2, 0.25) is 11.8 Å². The standard InChI is InChI=1S/C21H16Cl2N4O2/c1-26-16-4-2-3-15(23)18(16)21(20(26)29)9-17(28)25-19-14(21)10-24-27(19)11-12-5-7-13(22)8-6-12/h2-8,10H,9,11H2,1H3,(H,25,28)/t21-/m0/s1. The molecule has 2 amide bonds. The summed E-state index contributed by atoms with van der Waals surface area (Å²) in [6, 6.07) is 12.8. The predicted octanol–water partition coefficient (Wildman–Crippen LogP) is 3.84. The van der Waals surface area contributed by atoms with Gasteiger partial charge in [0.15, 0.2) is 0 Å². The van der Waals surface area contributed by atoms with Crippen LogP contribution in [0.2, 0.25) is 10.0 Å². The van der Waals surface area contributed by atoms with Gasteiger partial charge in [-0.25, -0.2) is 4.68 Å². The minimum atomic E-state index is -1.17. The number of rotatable bonds is 2. The van der Waals surface area contributed by atoms with Crippen LogP contribution in [0.1, 0.15) is 23.1 Å². The topological polar surface area (TPSA) is 67.2 Å². The zero-order valence-corrected chi connectivity index (χ0v) is 17.0. The zero-order valence-electron chi connectivity index (χ0n) is 15.4. The lowest BCUT2D eigenvalue weighted by atomic mass is 9.71. The second-order valence-electron chi connectivity index (χ2n) is 7.32. The lowest BCUT2D eigenvalue weighted by Gasteiger charge is -2.32. The highest BCUT2D eigenvalue weighted by molar-refractivity contribution is 6.34. The fraction of sp³-hybridized carbons (Fsp3) is 0.190. The average molecular weight is 427 g/mol. The number of halogens is 2. The zero-order chi connectivity index (χ0) is 20.3. The van der Waals surface area contributed by atoms with Gasteiger partial charge in [-0.05, 0) is 29.8 Å². The van der Waals surface area contributed by atoms with Crippen molar-refractivity contribution in [1.29, 1.82) is 0 Å². The highest BCUT2D eigenvalue weighted by atomic mass is 35.5. The number of fused-ring (bicyclic) bond motifs is 4. The third-order valence-corrected chi connectivity index (χ3v) is 6.24. The number of carbonyl (C=O) groups is 2. The first-order chi connectivity index (χ1) is 13.9. The van der Waals surface area contributed by atoms with Crippen LogP contribution in [0, 0.1) is 0 Å². The minimum absolute atomic E-state index is 0.00740. The van der Waals surface area contributed by atoms with Crippen molar-refractivity contribution in [2.45, 2.75) is 18.4 Å². The minimum Gasteiger partial charge on any atom is -0.314 e. The number of hydrogen-bond donors (Lipinski definition) is 1. The number of benzene rings is 2. The molecule has 146 valence electrons. The molecule has 3 aromatic rings. The van der Waals surface area contributed by atoms with E-state index in [-0.39, 0.29) is 18.2 Å². The van der Waals surface area contributed by atoms with Crippen LogP contribution >= 0.6 is 23.2 Å². The van der Waals surface area contributed by atoms with Gasteiger partial charge in [0.1, 0.15) is 11.2 Å². The Balaban J connectivity index is 1.68. The molecule has 6 nitrogen and oxygen atoms in total. The first kappa shape index (κ1) is 18.2. The number of nitrogens with one attached hydrogen (secondary N) is 1. The molecule has 2 aliphatic heterocycles. The maximum Gasteiger partial charge on any atom is 0.242 e. The van der Waals surface area contributed by atoms with Crippen LogP contribution in [0.3, 0.4) is 0 Å². The fourth-order valence-corrected chi connectivity index (χ4v) is 4.81. The Morgan fingerprint density at radius 2 is 1.90 bits per heavy atom. The van der Waals surface area contributed by atoms with Gasteiger partial charge >= 0.3 is 0 Å². The number of anilines is 2. The molecule has 0 radical (unpaired) electrons. The molecule has 0 unspecified atom stereocenters. The van der Waals surface area contributed by atoms with E-state index in [4.69, 9.17) is 23.2 Å². The number of carbonyl (C=O) groups excluding carboxylic acids is 2. The molecule has 0 aliphatic carbocycles. The molecule has 1 atom stereocenters. The van der Waals surface area contributed by atoms with Gasteiger partial charge in [0, 0.05) is 40.3 Å². The van der Waals surface area contributed by atoms with Crippen LogP contribution in [0.25, 0.3) is 0 Å². The van der Waals surface area contributed by atoms with Crippen LogP contribution < -0.4 is 10.2 Å². The number of amides is 2. The van der Waals surface area contributed by atoms with Crippen molar-refractivity contribution in [3.63, 3.8) is 0 Å². The van der Waals surface area contributed by atoms with Crippen molar-refractivity contribution in [2.75, 3.05) is 17.3 Å². The van der Waals surface area contributed by atoms with Gasteiger partial charge < -0.3 is 10.2 Å². The molecular weight excluding hydrogens is 411 g/mol. The van der Waals surface area contributed by atoms with E-state index in [9.17, 15) is 9.59 Å². The molecule has 1 aromatic heterocycles. The summed E-state index contributed by atoms with van der Waals surface area (Å²) in [6.45, 7) is 0.433. The van der Waals surface area contributed by atoms with E-state index in [1.54, 1.807) is 47.1 Å². The van der Waals surface area contributed by atoms with Crippen molar-refractivity contribution >= 4 is 46.5 Å². The SMILES string of the molecule is CN1C(=O)[C@]2(CC(=O)Nc3c2cnn3Cc2ccc(Cl)cc2)c2c(Cl)cccc21. The molecule has 1 N–H and O–H groups in total. The Hall–Kier alpha value is -2.83. The van der Waals surface area contributed by atoms with Crippen molar-refractivity contribution in [3.05, 3.63) is 75.4 Å². The normalized spacial score (nSPS) is 20.0.